The Morgan fingerprint density at radius 2 is 1.75 bits per heavy atom. The van der Waals surface area contributed by atoms with E-state index in [1.54, 1.807) is 30.5 Å². The van der Waals surface area contributed by atoms with Crippen molar-refractivity contribution in [3.63, 3.8) is 0 Å². The summed E-state index contributed by atoms with van der Waals surface area (Å²) in [6.07, 6.45) is 0.654. The van der Waals surface area contributed by atoms with Crippen molar-refractivity contribution >= 4 is 17.0 Å². The number of fused-ring (bicyclic) bond motifs is 1. The minimum Gasteiger partial charge on any atom is -0.450 e. The predicted molar refractivity (Wildman–Crippen MR) is 98.4 cm³/mol. The van der Waals surface area contributed by atoms with Crippen molar-refractivity contribution in [1.82, 2.24) is 19.3 Å². The number of aromatic nitrogens is 4. The van der Waals surface area contributed by atoms with Gasteiger partial charge in [-0.15, -0.1) is 0 Å². The SMILES string of the molecule is CC(OC(=O)c1ccn(-c2ccccc2)n1)c1nc2ccccc2n1C(F)F. The number of esters is 1. The van der Waals surface area contributed by atoms with Crippen molar-refractivity contribution in [2.45, 2.75) is 19.6 Å². The van der Waals surface area contributed by atoms with E-state index < -0.39 is 18.6 Å². The van der Waals surface area contributed by atoms with Crippen LogP contribution in [0.2, 0.25) is 0 Å². The number of nitrogens with zero attached hydrogens (tertiary/aromatic N) is 4. The zero-order valence-corrected chi connectivity index (χ0v) is 14.9. The van der Waals surface area contributed by atoms with Gasteiger partial charge in [-0.2, -0.15) is 13.9 Å². The molecule has 0 N–H and O–H groups in total. The van der Waals surface area contributed by atoms with E-state index in [0.717, 1.165) is 10.3 Å². The molecule has 0 saturated heterocycles. The van der Waals surface area contributed by atoms with Crippen LogP contribution in [-0.2, 0) is 4.74 Å². The minimum atomic E-state index is -2.80. The molecule has 1 unspecified atom stereocenters. The van der Waals surface area contributed by atoms with Crippen molar-refractivity contribution in [2.24, 2.45) is 0 Å². The summed E-state index contributed by atoms with van der Waals surface area (Å²) in [5.41, 5.74) is 1.56. The molecule has 4 aromatic rings. The third-order valence-corrected chi connectivity index (χ3v) is 4.28. The summed E-state index contributed by atoms with van der Waals surface area (Å²) in [6, 6.07) is 17.3. The molecule has 4 rings (SSSR count). The minimum absolute atomic E-state index is 0.0213. The van der Waals surface area contributed by atoms with Crippen molar-refractivity contribution in [2.75, 3.05) is 0 Å². The molecule has 2 aromatic carbocycles. The number of halogens is 2. The van der Waals surface area contributed by atoms with Crippen LogP contribution in [0.3, 0.4) is 0 Å². The Hall–Kier alpha value is -3.55. The standard InChI is InChI=1S/C20H16F2N4O2/c1-13(18-23-15-9-5-6-10-17(15)26(18)20(21)22)28-19(27)16-11-12-25(24-16)14-7-3-2-4-8-14/h2-13,20H,1H3. The molecular weight excluding hydrogens is 366 g/mol. The second kappa shape index (κ2) is 7.22. The monoisotopic (exact) mass is 382 g/mol. The molecule has 0 spiro atoms. The van der Waals surface area contributed by atoms with Gasteiger partial charge in [-0.05, 0) is 37.3 Å². The van der Waals surface area contributed by atoms with E-state index in [9.17, 15) is 13.6 Å². The second-order valence-electron chi connectivity index (χ2n) is 6.14. The average molecular weight is 382 g/mol. The molecule has 8 heteroatoms. The molecule has 6 nitrogen and oxygen atoms in total. The number of para-hydroxylation sites is 3. The lowest BCUT2D eigenvalue weighted by atomic mass is 10.3. The van der Waals surface area contributed by atoms with Gasteiger partial charge < -0.3 is 4.74 Å². The number of ether oxygens (including phenoxy) is 1. The van der Waals surface area contributed by atoms with Crippen LogP contribution in [0.5, 0.6) is 0 Å². The first kappa shape index (κ1) is 17.8. The Morgan fingerprint density at radius 1 is 1.04 bits per heavy atom. The molecular formula is C20H16F2N4O2. The summed E-state index contributed by atoms with van der Waals surface area (Å²) in [5.74, 6) is -0.734. The molecule has 142 valence electrons. The quantitative estimate of drug-likeness (QED) is 0.476. The summed E-state index contributed by atoms with van der Waals surface area (Å²) in [4.78, 5) is 16.7. The van der Waals surface area contributed by atoms with Gasteiger partial charge in [-0.25, -0.2) is 14.5 Å². The van der Waals surface area contributed by atoms with Crippen LogP contribution in [0.4, 0.5) is 8.78 Å². The van der Waals surface area contributed by atoms with Crippen molar-refractivity contribution in [3.8, 4) is 5.69 Å². The number of imidazole rings is 1. The fraction of sp³-hybridized carbons (Fsp3) is 0.150. The average Bonchev–Trinajstić information content (AvgIpc) is 3.34. The van der Waals surface area contributed by atoms with E-state index in [-0.39, 0.29) is 17.0 Å². The van der Waals surface area contributed by atoms with Gasteiger partial charge in [-0.3, -0.25) is 4.57 Å². The number of carbonyl (C=O) groups is 1. The van der Waals surface area contributed by atoms with Gasteiger partial charge in [0.25, 0.3) is 0 Å². The number of carbonyl (C=O) groups excluding carboxylic acids is 1. The number of rotatable bonds is 5. The van der Waals surface area contributed by atoms with Crippen LogP contribution >= 0.6 is 0 Å². The third-order valence-electron chi connectivity index (χ3n) is 4.28. The summed E-state index contributed by atoms with van der Waals surface area (Å²) in [5, 5.41) is 4.19. The molecule has 0 saturated carbocycles. The second-order valence-corrected chi connectivity index (χ2v) is 6.14. The van der Waals surface area contributed by atoms with Gasteiger partial charge in [0, 0.05) is 6.20 Å². The van der Waals surface area contributed by atoms with Gasteiger partial charge in [0.05, 0.1) is 16.7 Å². The van der Waals surface area contributed by atoms with Gasteiger partial charge in [0.2, 0.25) is 0 Å². The topological polar surface area (TPSA) is 61.9 Å². The van der Waals surface area contributed by atoms with Crippen LogP contribution < -0.4 is 0 Å². The Kier molecular flexibility index (Phi) is 4.60. The highest BCUT2D eigenvalue weighted by Gasteiger charge is 2.25. The van der Waals surface area contributed by atoms with Crippen molar-refractivity contribution in [3.05, 3.63) is 78.4 Å². The molecule has 2 aromatic heterocycles. The predicted octanol–water partition coefficient (Wildman–Crippen LogP) is 4.54. The number of hydrogen-bond donors (Lipinski definition) is 0. The lowest BCUT2D eigenvalue weighted by Gasteiger charge is -2.14. The molecule has 0 fully saturated rings. The molecule has 0 radical (unpaired) electrons. The molecule has 0 amide bonds. The van der Waals surface area contributed by atoms with Gasteiger partial charge in [-0.1, -0.05) is 30.3 Å². The maximum absolute atomic E-state index is 13.6. The number of benzene rings is 2. The summed E-state index contributed by atoms with van der Waals surface area (Å²) >= 11 is 0. The molecule has 28 heavy (non-hydrogen) atoms. The molecule has 1 atom stereocenters. The molecule has 0 aliphatic rings. The van der Waals surface area contributed by atoms with E-state index in [2.05, 4.69) is 10.1 Å². The zero-order valence-electron chi connectivity index (χ0n) is 14.9. The highest BCUT2D eigenvalue weighted by atomic mass is 19.3. The molecule has 0 aliphatic heterocycles. The van der Waals surface area contributed by atoms with Crippen molar-refractivity contribution < 1.29 is 18.3 Å². The van der Waals surface area contributed by atoms with E-state index in [1.807, 2.05) is 30.3 Å². The fourth-order valence-electron chi connectivity index (χ4n) is 2.99. The third kappa shape index (κ3) is 3.24. The summed E-state index contributed by atoms with van der Waals surface area (Å²) < 4.78 is 34.8. The van der Waals surface area contributed by atoms with E-state index in [4.69, 9.17) is 4.74 Å². The summed E-state index contributed by atoms with van der Waals surface area (Å²) in [7, 11) is 0. The fourth-order valence-corrected chi connectivity index (χ4v) is 2.99. The maximum Gasteiger partial charge on any atom is 0.359 e. The van der Waals surface area contributed by atoms with Crippen LogP contribution in [0.25, 0.3) is 16.7 Å². The van der Waals surface area contributed by atoms with Crippen LogP contribution in [-0.4, -0.2) is 25.3 Å². The van der Waals surface area contributed by atoms with Gasteiger partial charge in [0.15, 0.2) is 17.6 Å². The van der Waals surface area contributed by atoms with E-state index in [1.165, 1.54) is 17.7 Å². The molecule has 0 bridgehead atoms. The normalized spacial score (nSPS) is 12.4. The lowest BCUT2D eigenvalue weighted by molar-refractivity contribution is 0.0227. The first-order chi connectivity index (χ1) is 13.5. The first-order valence-electron chi connectivity index (χ1n) is 8.61. The number of hydrogen-bond acceptors (Lipinski definition) is 4. The zero-order chi connectivity index (χ0) is 19.7. The highest BCUT2D eigenvalue weighted by Crippen LogP contribution is 2.28. The largest absolute Gasteiger partial charge is 0.450 e. The summed E-state index contributed by atoms with van der Waals surface area (Å²) in [6.45, 7) is -1.30. The molecule has 2 heterocycles. The molecule has 0 aliphatic carbocycles. The Morgan fingerprint density at radius 3 is 2.50 bits per heavy atom. The van der Waals surface area contributed by atoms with E-state index in [0.29, 0.717) is 5.52 Å². The van der Waals surface area contributed by atoms with Crippen molar-refractivity contribution in [1.29, 1.82) is 0 Å². The lowest BCUT2D eigenvalue weighted by Crippen LogP contribution is -2.15. The van der Waals surface area contributed by atoms with Crippen LogP contribution in [0.1, 0.15) is 35.9 Å². The van der Waals surface area contributed by atoms with Gasteiger partial charge in [0.1, 0.15) is 0 Å². The van der Waals surface area contributed by atoms with E-state index >= 15 is 0 Å². The van der Waals surface area contributed by atoms with Crippen LogP contribution in [0.15, 0.2) is 66.9 Å². The first-order valence-corrected chi connectivity index (χ1v) is 8.61. The Labute approximate surface area is 159 Å². The van der Waals surface area contributed by atoms with Crippen LogP contribution in [0, 0.1) is 0 Å². The Bertz CT molecular complexity index is 1120. The maximum atomic E-state index is 13.6. The smallest absolute Gasteiger partial charge is 0.359 e. The highest BCUT2D eigenvalue weighted by molar-refractivity contribution is 5.87. The number of alkyl halides is 2. The van der Waals surface area contributed by atoms with Gasteiger partial charge >= 0.3 is 12.5 Å². The Balaban J connectivity index is 1.58.